The summed E-state index contributed by atoms with van der Waals surface area (Å²) < 4.78 is 0. The molecule has 1 unspecified atom stereocenters. The quantitative estimate of drug-likeness (QED) is 0.732. The molecule has 19 heavy (non-hydrogen) atoms. The fraction of sp³-hybridized carbons (Fsp3) is 0.182. The first-order chi connectivity index (χ1) is 9.09. The van der Waals surface area contributed by atoms with E-state index in [1.807, 2.05) is 0 Å². The highest BCUT2D eigenvalue weighted by atomic mass is 16.4. The van der Waals surface area contributed by atoms with Crippen LogP contribution in [0.3, 0.4) is 0 Å². The van der Waals surface area contributed by atoms with Crippen LogP contribution in [0.25, 0.3) is 0 Å². The van der Waals surface area contributed by atoms with Gasteiger partial charge in [-0.15, -0.1) is 0 Å². The lowest BCUT2D eigenvalue weighted by Crippen LogP contribution is -2.29. The van der Waals surface area contributed by atoms with Gasteiger partial charge in [0, 0.05) is 6.20 Å². The van der Waals surface area contributed by atoms with Crippen molar-refractivity contribution in [2.45, 2.75) is 13.0 Å². The lowest BCUT2D eigenvalue weighted by Gasteiger charge is -2.11. The number of nitrogens with zero attached hydrogens (tertiary/aromatic N) is 3. The van der Waals surface area contributed by atoms with Crippen molar-refractivity contribution in [2.24, 2.45) is 0 Å². The molecule has 1 amide bonds. The van der Waals surface area contributed by atoms with E-state index in [2.05, 4.69) is 25.5 Å². The molecule has 2 aromatic heterocycles. The van der Waals surface area contributed by atoms with Crippen LogP contribution in [0.1, 0.15) is 39.6 Å². The summed E-state index contributed by atoms with van der Waals surface area (Å²) in [6.07, 6.45) is 2.68. The van der Waals surface area contributed by atoms with Gasteiger partial charge in [-0.3, -0.25) is 14.9 Å². The molecule has 0 saturated carbocycles. The molecule has 0 saturated heterocycles. The fourth-order valence-electron chi connectivity index (χ4n) is 1.52. The zero-order valence-corrected chi connectivity index (χ0v) is 9.99. The Labute approximate surface area is 107 Å². The molecule has 8 nitrogen and oxygen atoms in total. The number of amides is 1. The zero-order valence-electron chi connectivity index (χ0n) is 9.99. The molecular weight excluding hydrogens is 250 g/mol. The molecule has 0 bridgehead atoms. The van der Waals surface area contributed by atoms with E-state index >= 15 is 0 Å². The monoisotopic (exact) mass is 261 g/mol. The lowest BCUT2D eigenvalue weighted by atomic mass is 10.1. The Morgan fingerprint density at radius 1 is 1.42 bits per heavy atom. The minimum atomic E-state index is -1.20. The molecule has 0 aliphatic rings. The van der Waals surface area contributed by atoms with Gasteiger partial charge in [0.05, 0.1) is 11.6 Å². The molecule has 0 aromatic carbocycles. The molecule has 2 heterocycles. The minimum Gasteiger partial charge on any atom is -0.478 e. The van der Waals surface area contributed by atoms with Gasteiger partial charge in [-0.25, -0.2) is 9.78 Å². The maximum atomic E-state index is 12.0. The number of hydrogen-bond donors (Lipinski definition) is 3. The van der Waals surface area contributed by atoms with E-state index in [1.165, 1.54) is 24.7 Å². The predicted octanol–water partition coefficient (Wildman–Crippen LogP) is 0.389. The van der Waals surface area contributed by atoms with Crippen molar-refractivity contribution in [1.82, 2.24) is 25.5 Å². The van der Waals surface area contributed by atoms with E-state index in [1.54, 1.807) is 6.92 Å². The van der Waals surface area contributed by atoms with E-state index < -0.39 is 17.9 Å². The number of carboxylic acids is 1. The normalized spacial score (nSPS) is 11.8. The van der Waals surface area contributed by atoms with Crippen molar-refractivity contribution >= 4 is 11.9 Å². The summed E-state index contributed by atoms with van der Waals surface area (Å²) in [5.74, 6) is -1.31. The molecule has 0 spiro atoms. The van der Waals surface area contributed by atoms with Crippen LogP contribution in [0.5, 0.6) is 0 Å². The molecule has 98 valence electrons. The Balaban J connectivity index is 2.19. The van der Waals surface area contributed by atoms with Crippen LogP contribution in [0.4, 0.5) is 0 Å². The number of pyridine rings is 1. The Kier molecular flexibility index (Phi) is 3.51. The highest BCUT2D eigenvalue weighted by Crippen LogP contribution is 2.09. The summed E-state index contributed by atoms with van der Waals surface area (Å²) in [6.45, 7) is 1.70. The van der Waals surface area contributed by atoms with Gasteiger partial charge >= 0.3 is 5.97 Å². The molecular formula is C11H11N5O3. The molecule has 1 atom stereocenters. The first-order valence-electron chi connectivity index (χ1n) is 5.44. The summed E-state index contributed by atoms with van der Waals surface area (Å²) in [6, 6.07) is 2.35. The summed E-state index contributed by atoms with van der Waals surface area (Å²) in [5.41, 5.74) is -0.286. The number of carbonyl (C=O) groups excluding carboxylic acids is 1. The molecule has 2 rings (SSSR count). The van der Waals surface area contributed by atoms with Crippen LogP contribution in [-0.2, 0) is 0 Å². The van der Waals surface area contributed by atoms with Crippen molar-refractivity contribution in [1.29, 1.82) is 0 Å². The van der Waals surface area contributed by atoms with E-state index in [0.29, 0.717) is 5.82 Å². The topological polar surface area (TPSA) is 121 Å². The Morgan fingerprint density at radius 3 is 2.84 bits per heavy atom. The highest BCUT2D eigenvalue weighted by molar-refractivity contribution is 6.03. The summed E-state index contributed by atoms with van der Waals surface area (Å²) in [7, 11) is 0. The number of aromatic amines is 1. The number of H-pyrrole nitrogens is 1. The average molecular weight is 261 g/mol. The van der Waals surface area contributed by atoms with Crippen molar-refractivity contribution in [3.63, 3.8) is 0 Å². The highest BCUT2D eigenvalue weighted by Gasteiger charge is 2.20. The van der Waals surface area contributed by atoms with E-state index in [-0.39, 0.29) is 11.3 Å². The van der Waals surface area contributed by atoms with Gasteiger partial charge in [-0.05, 0) is 19.1 Å². The first kappa shape index (κ1) is 12.7. The smallest absolute Gasteiger partial charge is 0.338 e. The van der Waals surface area contributed by atoms with Crippen molar-refractivity contribution < 1.29 is 14.7 Å². The van der Waals surface area contributed by atoms with Gasteiger partial charge in [0.1, 0.15) is 17.8 Å². The van der Waals surface area contributed by atoms with Crippen LogP contribution < -0.4 is 5.32 Å². The second kappa shape index (κ2) is 5.25. The minimum absolute atomic E-state index is 0.138. The van der Waals surface area contributed by atoms with Gasteiger partial charge in [0.2, 0.25) is 0 Å². The molecule has 2 aromatic rings. The largest absolute Gasteiger partial charge is 0.478 e. The molecule has 8 heteroatoms. The van der Waals surface area contributed by atoms with Crippen LogP contribution in [-0.4, -0.2) is 37.1 Å². The standard InChI is InChI=1S/C11H11N5O3/c1-6(9-13-5-14-16-9)15-10(17)8-7(11(18)19)3-2-4-12-8/h2-6H,1H3,(H,15,17)(H,18,19)(H,13,14,16). The third-order valence-corrected chi connectivity index (χ3v) is 2.44. The number of aromatic carboxylic acids is 1. The Hall–Kier alpha value is -2.77. The Morgan fingerprint density at radius 2 is 2.21 bits per heavy atom. The number of carboxylic acid groups (broad SMARTS) is 1. The van der Waals surface area contributed by atoms with Crippen LogP contribution in [0.2, 0.25) is 0 Å². The van der Waals surface area contributed by atoms with Gasteiger partial charge < -0.3 is 10.4 Å². The number of hydrogen-bond acceptors (Lipinski definition) is 5. The predicted molar refractivity (Wildman–Crippen MR) is 63.5 cm³/mol. The molecule has 0 radical (unpaired) electrons. The maximum Gasteiger partial charge on any atom is 0.338 e. The summed E-state index contributed by atoms with van der Waals surface area (Å²) in [5, 5.41) is 17.9. The van der Waals surface area contributed by atoms with Crippen LogP contribution in [0, 0.1) is 0 Å². The SMILES string of the molecule is CC(NC(=O)c1ncccc1C(=O)O)c1ncn[nH]1. The van der Waals surface area contributed by atoms with Crippen LogP contribution in [0.15, 0.2) is 24.7 Å². The maximum absolute atomic E-state index is 12.0. The Bertz CT molecular complexity index is 596. The third-order valence-electron chi connectivity index (χ3n) is 2.44. The number of aromatic nitrogens is 4. The zero-order chi connectivity index (χ0) is 13.8. The second-order valence-electron chi connectivity index (χ2n) is 3.77. The number of rotatable bonds is 4. The van der Waals surface area contributed by atoms with Gasteiger partial charge in [-0.1, -0.05) is 0 Å². The molecule has 0 fully saturated rings. The van der Waals surface area contributed by atoms with E-state index in [9.17, 15) is 9.59 Å². The van der Waals surface area contributed by atoms with Gasteiger partial charge in [0.25, 0.3) is 5.91 Å². The van der Waals surface area contributed by atoms with Gasteiger partial charge in [0.15, 0.2) is 0 Å². The number of carbonyl (C=O) groups is 2. The van der Waals surface area contributed by atoms with Crippen molar-refractivity contribution in [3.8, 4) is 0 Å². The lowest BCUT2D eigenvalue weighted by molar-refractivity contribution is 0.0689. The van der Waals surface area contributed by atoms with E-state index in [0.717, 1.165) is 0 Å². The number of nitrogens with one attached hydrogen (secondary N) is 2. The van der Waals surface area contributed by atoms with E-state index in [4.69, 9.17) is 5.11 Å². The molecule has 0 aliphatic carbocycles. The summed E-state index contributed by atoms with van der Waals surface area (Å²) >= 11 is 0. The molecule has 0 aliphatic heterocycles. The van der Waals surface area contributed by atoms with Crippen molar-refractivity contribution in [3.05, 3.63) is 41.7 Å². The van der Waals surface area contributed by atoms with Crippen molar-refractivity contribution in [2.75, 3.05) is 0 Å². The fourth-order valence-corrected chi connectivity index (χ4v) is 1.52. The third kappa shape index (κ3) is 2.73. The van der Waals surface area contributed by atoms with Crippen LogP contribution >= 0.6 is 0 Å². The second-order valence-corrected chi connectivity index (χ2v) is 3.77. The summed E-state index contributed by atoms with van der Waals surface area (Å²) in [4.78, 5) is 30.7. The first-order valence-corrected chi connectivity index (χ1v) is 5.44. The average Bonchev–Trinajstić information content (AvgIpc) is 2.92. The molecule has 3 N–H and O–H groups in total. The van der Waals surface area contributed by atoms with Gasteiger partial charge in [-0.2, -0.15) is 5.10 Å².